The van der Waals surface area contributed by atoms with Crippen molar-refractivity contribution in [3.05, 3.63) is 75.5 Å². The Kier molecular flexibility index (Phi) is 5.25. The maximum Gasteiger partial charge on any atom is 0.182 e. The second-order valence-electron chi connectivity index (χ2n) is 4.86. The zero-order valence-corrected chi connectivity index (χ0v) is 14.5. The molecule has 3 nitrogen and oxygen atoms in total. The summed E-state index contributed by atoms with van der Waals surface area (Å²) in [6.07, 6.45) is 1.76. The molecule has 1 aromatic heterocycles. The molecule has 3 aromatic rings. The lowest BCUT2D eigenvalue weighted by Gasteiger charge is -2.13. The molecule has 0 saturated heterocycles. The number of hydrogen-bond donors (Lipinski definition) is 1. The summed E-state index contributed by atoms with van der Waals surface area (Å²) in [5.74, 6) is 0.548. The first-order chi connectivity index (χ1) is 11.2. The standard InChI is InChI=1S/C17H14BrFN2OS/c18-14-3-6-16(22-11-12-1-4-15(19)5-2-12)13(9-14)10-21-17-20-7-8-23-17/h1-9H,10-11H2,(H,20,21). The number of hydrogen-bond acceptors (Lipinski definition) is 4. The normalized spacial score (nSPS) is 10.5. The van der Waals surface area contributed by atoms with Gasteiger partial charge >= 0.3 is 0 Å². The van der Waals surface area contributed by atoms with Crippen molar-refractivity contribution in [1.82, 2.24) is 4.98 Å². The minimum Gasteiger partial charge on any atom is -0.489 e. The lowest BCUT2D eigenvalue weighted by Crippen LogP contribution is -2.03. The van der Waals surface area contributed by atoms with E-state index in [-0.39, 0.29) is 5.82 Å². The van der Waals surface area contributed by atoms with Gasteiger partial charge in [0.1, 0.15) is 18.2 Å². The minimum absolute atomic E-state index is 0.245. The van der Waals surface area contributed by atoms with Gasteiger partial charge in [0.15, 0.2) is 5.13 Å². The van der Waals surface area contributed by atoms with E-state index in [0.29, 0.717) is 13.2 Å². The molecular formula is C17H14BrFN2OS. The van der Waals surface area contributed by atoms with E-state index in [9.17, 15) is 4.39 Å². The third kappa shape index (κ3) is 4.53. The summed E-state index contributed by atoms with van der Waals surface area (Å²) in [5.41, 5.74) is 1.95. The predicted octanol–water partition coefficient (Wildman–Crippen LogP) is 5.24. The van der Waals surface area contributed by atoms with E-state index >= 15 is 0 Å². The van der Waals surface area contributed by atoms with Crippen LogP contribution in [0.25, 0.3) is 0 Å². The zero-order valence-electron chi connectivity index (χ0n) is 12.1. The van der Waals surface area contributed by atoms with Crippen molar-refractivity contribution in [2.45, 2.75) is 13.2 Å². The van der Waals surface area contributed by atoms with Crippen LogP contribution in [0.5, 0.6) is 5.75 Å². The van der Waals surface area contributed by atoms with Crippen molar-refractivity contribution < 1.29 is 9.13 Å². The number of nitrogens with one attached hydrogen (secondary N) is 1. The van der Waals surface area contributed by atoms with Crippen LogP contribution < -0.4 is 10.1 Å². The number of anilines is 1. The Morgan fingerprint density at radius 3 is 2.74 bits per heavy atom. The molecule has 0 aliphatic heterocycles. The van der Waals surface area contributed by atoms with Crippen molar-refractivity contribution in [3.63, 3.8) is 0 Å². The summed E-state index contributed by atoms with van der Waals surface area (Å²) in [7, 11) is 0. The van der Waals surface area contributed by atoms with Gasteiger partial charge in [-0.15, -0.1) is 11.3 Å². The van der Waals surface area contributed by atoms with Crippen LogP contribution in [0.3, 0.4) is 0 Å². The van der Waals surface area contributed by atoms with E-state index in [1.807, 2.05) is 23.6 Å². The fraction of sp³-hybridized carbons (Fsp3) is 0.118. The zero-order chi connectivity index (χ0) is 16.1. The number of nitrogens with zero attached hydrogens (tertiary/aromatic N) is 1. The van der Waals surface area contributed by atoms with Gasteiger partial charge in [0.2, 0.25) is 0 Å². The molecule has 0 aliphatic rings. The summed E-state index contributed by atoms with van der Waals surface area (Å²) in [5, 5.41) is 6.07. The number of thiazole rings is 1. The van der Waals surface area contributed by atoms with Gasteiger partial charge in [-0.2, -0.15) is 0 Å². The Hall–Kier alpha value is -1.92. The molecular weight excluding hydrogens is 379 g/mol. The molecule has 0 bridgehead atoms. The highest BCUT2D eigenvalue weighted by atomic mass is 79.9. The van der Waals surface area contributed by atoms with Crippen LogP contribution in [0.15, 0.2) is 58.5 Å². The molecule has 3 rings (SSSR count). The van der Waals surface area contributed by atoms with Crippen LogP contribution in [0.2, 0.25) is 0 Å². The van der Waals surface area contributed by atoms with Gasteiger partial charge in [0.25, 0.3) is 0 Å². The summed E-state index contributed by atoms with van der Waals surface area (Å²) >= 11 is 5.03. The third-order valence-electron chi connectivity index (χ3n) is 3.19. The van der Waals surface area contributed by atoms with Gasteiger partial charge in [-0.05, 0) is 35.9 Å². The molecule has 0 amide bonds. The summed E-state index contributed by atoms with van der Waals surface area (Å²) in [6, 6.07) is 12.2. The van der Waals surface area contributed by atoms with E-state index in [1.54, 1.807) is 29.7 Å². The Labute approximate surface area is 146 Å². The highest BCUT2D eigenvalue weighted by Crippen LogP contribution is 2.25. The van der Waals surface area contributed by atoms with Crippen LogP contribution in [0.1, 0.15) is 11.1 Å². The molecule has 2 aromatic carbocycles. The fourth-order valence-electron chi connectivity index (χ4n) is 2.05. The second kappa shape index (κ2) is 7.57. The van der Waals surface area contributed by atoms with Gasteiger partial charge in [-0.3, -0.25) is 0 Å². The summed E-state index contributed by atoms with van der Waals surface area (Å²) in [6.45, 7) is 1.01. The van der Waals surface area contributed by atoms with Crippen LogP contribution in [0.4, 0.5) is 9.52 Å². The van der Waals surface area contributed by atoms with Crippen molar-refractivity contribution in [2.75, 3.05) is 5.32 Å². The van der Waals surface area contributed by atoms with Crippen LogP contribution >= 0.6 is 27.3 Å². The lowest BCUT2D eigenvalue weighted by atomic mass is 10.2. The number of aromatic nitrogens is 1. The molecule has 118 valence electrons. The average molecular weight is 393 g/mol. The molecule has 0 atom stereocenters. The quantitative estimate of drug-likeness (QED) is 0.622. The number of rotatable bonds is 6. The Balaban J connectivity index is 1.69. The molecule has 0 spiro atoms. The van der Waals surface area contributed by atoms with E-state index < -0.39 is 0 Å². The maximum absolute atomic E-state index is 12.9. The van der Waals surface area contributed by atoms with Crippen LogP contribution in [0, 0.1) is 5.82 Å². The number of halogens is 2. The van der Waals surface area contributed by atoms with Gasteiger partial charge in [-0.25, -0.2) is 9.37 Å². The van der Waals surface area contributed by atoms with Crippen molar-refractivity contribution >= 4 is 32.4 Å². The smallest absolute Gasteiger partial charge is 0.182 e. The van der Waals surface area contributed by atoms with Crippen molar-refractivity contribution in [3.8, 4) is 5.75 Å². The monoisotopic (exact) mass is 392 g/mol. The SMILES string of the molecule is Fc1ccc(COc2ccc(Br)cc2CNc2nccs2)cc1. The number of ether oxygens (including phenoxy) is 1. The van der Waals surface area contributed by atoms with Gasteiger partial charge in [-0.1, -0.05) is 28.1 Å². The van der Waals surface area contributed by atoms with Gasteiger partial charge in [0, 0.05) is 28.2 Å². The highest BCUT2D eigenvalue weighted by molar-refractivity contribution is 9.10. The summed E-state index contributed by atoms with van der Waals surface area (Å²) in [4.78, 5) is 4.20. The largest absolute Gasteiger partial charge is 0.489 e. The Morgan fingerprint density at radius 1 is 1.17 bits per heavy atom. The topological polar surface area (TPSA) is 34.1 Å². The van der Waals surface area contributed by atoms with Crippen LogP contribution in [-0.4, -0.2) is 4.98 Å². The molecule has 1 heterocycles. The molecule has 6 heteroatoms. The molecule has 1 N–H and O–H groups in total. The molecule has 0 unspecified atom stereocenters. The lowest BCUT2D eigenvalue weighted by molar-refractivity contribution is 0.303. The minimum atomic E-state index is -0.245. The molecule has 0 fully saturated rings. The van der Waals surface area contributed by atoms with Crippen molar-refractivity contribution in [1.29, 1.82) is 0 Å². The Bertz CT molecular complexity index is 763. The first kappa shape index (κ1) is 16.0. The molecule has 23 heavy (non-hydrogen) atoms. The first-order valence-electron chi connectivity index (χ1n) is 7.00. The van der Waals surface area contributed by atoms with E-state index in [4.69, 9.17) is 4.74 Å². The highest BCUT2D eigenvalue weighted by Gasteiger charge is 2.06. The van der Waals surface area contributed by atoms with Crippen LogP contribution in [-0.2, 0) is 13.2 Å². The van der Waals surface area contributed by atoms with E-state index in [1.165, 1.54) is 12.1 Å². The van der Waals surface area contributed by atoms with Gasteiger partial charge in [0.05, 0.1) is 0 Å². The van der Waals surface area contributed by atoms with E-state index in [0.717, 1.165) is 26.5 Å². The first-order valence-corrected chi connectivity index (χ1v) is 8.67. The van der Waals surface area contributed by atoms with E-state index in [2.05, 4.69) is 26.2 Å². The fourth-order valence-corrected chi connectivity index (χ4v) is 2.99. The average Bonchev–Trinajstić information content (AvgIpc) is 3.07. The molecule has 0 aliphatic carbocycles. The number of benzene rings is 2. The molecule has 0 saturated carbocycles. The Morgan fingerprint density at radius 2 is 2.00 bits per heavy atom. The second-order valence-corrected chi connectivity index (χ2v) is 6.67. The van der Waals surface area contributed by atoms with Gasteiger partial charge < -0.3 is 10.1 Å². The summed E-state index contributed by atoms with van der Waals surface area (Å²) < 4.78 is 19.8. The predicted molar refractivity (Wildman–Crippen MR) is 94.3 cm³/mol. The molecule has 0 radical (unpaired) electrons. The maximum atomic E-state index is 12.9. The van der Waals surface area contributed by atoms with Crippen molar-refractivity contribution in [2.24, 2.45) is 0 Å². The third-order valence-corrected chi connectivity index (χ3v) is 4.42.